The zero-order valence-electron chi connectivity index (χ0n) is 17.4. The van der Waals surface area contributed by atoms with Crippen molar-refractivity contribution in [3.05, 3.63) is 0 Å². The van der Waals surface area contributed by atoms with Crippen molar-refractivity contribution in [1.29, 1.82) is 0 Å². The predicted molar refractivity (Wildman–Crippen MR) is 116 cm³/mol. The van der Waals surface area contributed by atoms with E-state index in [0.717, 1.165) is 63.7 Å². The summed E-state index contributed by atoms with van der Waals surface area (Å²) in [4.78, 5) is 33.7. The maximum absolute atomic E-state index is 11.9. The first-order chi connectivity index (χ1) is 14.1. The summed E-state index contributed by atoms with van der Waals surface area (Å²) in [6.07, 6.45) is 12.5. The van der Waals surface area contributed by atoms with Crippen LogP contribution in [0, 0.1) is 0 Å². The van der Waals surface area contributed by atoms with Gasteiger partial charge in [-0.15, -0.1) is 0 Å². The molecule has 2 aliphatic rings. The minimum Gasteiger partial charge on any atom is -0.481 e. The van der Waals surface area contributed by atoms with Gasteiger partial charge in [-0.2, -0.15) is 11.8 Å². The molecule has 0 aromatic rings. The Morgan fingerprint density at radius 3 is 2.31 bits per heavy atom. The van der Waals surface area contributed by atoms with Crippen molar-refractivity contribution in [1.82, 2.24) is 16.0 Å². The normalized spacial score (nSPS) is 22.8. The summed E-state index contributed by atoms with van der Waals surface area (Å²) in [6, 6.07) is 0.490. The Hall–Kier alpha value is -1.44. The molecule has 7 nitrogen and oxygen atoms in total. The Labute approximate surface area is 178 Å². The summed E-state index contributed by atoms with van der Waals surface area (Å²) in [7, 11) is 0. The number of urea groups is 1. The molecular formula is C21H37N3O4S. The molecular weight excluding hydrogens is 390 g/mol. The van der Waals surface area contributed by atoms with Gasteiger partial charge in [0.25, 0.3) is 0 Å². The molecule has 0 bridgehead atoms. The Bertz CT molecular complexity index is 532. The SMILES string of the molecule is O=C(O)CCCCCCCCCCNC(=O)CCCCC1SC[C@H]2NC(=O)N[C@@H]12. The number of carbonyl (C=O) groups is 3. The number of hydrogen-bond acceptors (Lipinski definition) is 4. The van der Waals surface area contributed by atoms with Crippen molar-refractivity contribution in [3.8, 4) is 0 Å². The molecule has 0 aromatic heterocycles. The summed E-state index contributed by atoms with van der Waals surface area (Å²) in [5.74, 6) is 0.435. The minimum absolute atomic E-state index is 0.0413. The van der Waals surface area contributed by atoms with E-state index in [-0.39, 0.29) is 30.4 Å². The fraction of sp³-hybridized carbons (Fsp3) is 0.857. The molecule has 3 atom stereocenters. The lowest BCUT2D eigenvalue weighted by Gasteiger charge is -2.16. The van der Waals surface area contributed by atoms with Gasteiger partial charge in [-0.1, -0.05) is 44.9 Å². The van der Waals surface area contributed by atoms with Crippen molar-refractivity contribution < 1.29 is 19.5 Å². The fourth-order valence-corrected chi connectivity index (χ4v) is 5.60. The topological polar surface area (TPSA) is 108 Å². The standard InChI is InChI=1S/C21H37N3O4S/c25-18(22-14-10-6-4-2-1-3-5-7-13-19(26)27)12-9-8-11-17-20-16(15-29-17)23-21(28)24-20/h16-17,20H,1-15H2,(H,22,25)(H,26,27)(H2,23,24,28)/t16-,17?,20-/m1/s1. The predicted octanol–water partition coefficient (Wildman–Crippen LogP) is 3.42. The van der Waals surface area contributed by atoms with E-state index in [4.69, 9.17) is 5.11 Å². The van der Waals surface area contributed by atoms with E-state index >= 15 is 0 Å². The Balaban J connectivity index is 1.34. The Morgan fingerprint density at radius 2 is 1.59 bits per heavy atom. The molecule has 0 saturated carbocycles. The Morgan fingerprint density at radius 1 is 0.931 bits per heavy atom. The zero-order chi connectivity index (χ0) is 20.9. The lowest BCUT2D eigenvalue weighted by Crippen LogP contribution is -2.36. The van der Waals surface area contributed by atoms with E-state index < -0.39 is 5.97 Å². The van der Waals surface area contributed by atoms with E-state index in [1.165, 1.54) is 19.3 Å². The highest BCUT2D eigenvalue weighted by Crippen LogP contribution is 2.33. The van der Waals surface area contributed by atoms with Crippen molar-refractivity contribution in [2.45, 2.75) is 101 Å². The van der Waals surface area contributed by atoms with E-state index in [2.05, 4.69) is 16.0 Å². The molecule has 0 spiro atoms. The van der Waals surface area contributed by atoms with Crippen LogP contribution >= 0.6 is 11.8 Å². The van der Waals surface area contributed by atoms with Crippen molar-refractivity contribution in [3.63, 3.8) is 0 Å². The third-order valence-electron chi connectivity index (χ3n) is 5.72. The fourth-order valence-electron chi connectivity index (χ4n) is 4.05. The molecule has 2 rings (SSSR count). The highest BCUT2D eigenvalue weighted by atomic mass is 32.2. The van der Waals surface area contributed by atoms with Crippen LogP contribution in [-0.2, 0) is 9.59 Å². The molecule has 4 N–H and O–H groups in total. The number of thioether (sulfide) groups is 1. The summed E-state index contributed by atoms with van der Waals surface area (Å²) in [5, 5.41) is 18.0. The molecule has 2 saturated heterocycles. The number of carbonyl (C=O) groups excluding carboxylic acids is 2. The second-order valence-corrected chi connectivity index (χ2v) is 9.46. The van der Waals surface area contributed by atoms with Gasteiger partial charge in [0.1, 0.15) is 0 Å². The molecule has 2 heterocycles. The highest BCUT2D eigenvalue weighted by Gasteiger charge is 2.42. The lowest BCUT2D eigenvalue weighted by molar-refractivity contribution is -0.137. The highest BCUT2D eigenvalue weighted by molar-refractivity contribution is 8.00. The second-order valence-electron chi connectivity index (χ2n) is 8.19. The molecule has 1 unspecified atom stereocenters. The number of aliphatic carboxylic acids is 1. The molecule has 0 radical (unpaired) electrons. The van der Waals surface area contributed by atoms with Gasteiger partial charge in [-0.25, -0.2) is 4.79 Å². The van der Waals surface area contributed by atoms with Crippen LogP contribution in [0.2, 0.25) is 0 Å². The number of rotatable bonds is 16. The smallest absolute Gasteiger partial charge is 0.315 e. The molecule has 8 heteroatoms. The van der Waals surface area contributed by atoms with Crippen LogP contribution in [-0.4, -0.2) is 52.6 Å². The number of amides is 3. The molecule has 0 aliphatic carbocycles. The zero-order valence-corrected chi connectivity index (χ0v) is 18.2. The van der Waals surface area contributed by atoms with Crippen LogP contribution in [0.5, 0.6) is 0 Å². The van der Waals surface area contributed by atoms with Gasteiger partial charge in [0, 0.05) is 30.4 Å². The number of nitrogens with one attached hydrogen (secondary N) is 3. The maximum Gasteiger partial charge on any atom is 0.315 e. The first kappa shape index (κ1) is 23.8. The third kappa shape index (κ3) is 9.74. The lowest BCUT2D eigenvalue weighted by atomic mass is 10.0. The van der Waals surface area contributed by atoms with Gasteiger partial charge in [0.15, 0.2) is 0 Å². The molecule has 166 valence electrons. The van der Waals surface area contributed by atoms with Crippen LogP contribution in [0.3, 0.4) is 0 Å². The average Bonchev–Trinajstić information content (AvgIpc) is 3.22. The van der Waals surface area contributed by atoms with Gasteiger partial charge < -0.3 is 21.1 Å². The van der Waals surface area contributed by atoms with Crippen LogP contribution < -0.4 is 16.0 Å². The van der Waals surface area contributed by atoms with Gasteiger partial charge in [0.2, 0.25) is 5.91 Å². The third-order valence-corrected chi connectivity index (χ3v) is 7.23. The van der Waals surface area contributed by atoms with E-state index in [9.17, 15) is 14.4 Å². The van der Waals surface area contributed by atoms with Crippen LogP contribution in [0.1, 0.15) is 83.5 Å². The van der Waals surface area contributed by atoms with Crippen LogP contribution in [0.15, 0.2) is 0 Å². The largest absolute Gasteiger partial charge is 0.481 e. The van der Waals surface area contributed by atoms with Crippen LogP contribution in [0.4, 0.5) is 4.79 Å². The summed E-state index contributed by atoms with van der Waals surface area (Å²) >= 11 is 1.92. The number of unbranched alkanes of at least 4 members (excludes halogenated alkanes) is 8. The summed E-state index contributed by atoms with van der Waals surface area (Å²) < 4.78 is 0. The Kier molecular flexibility index (Phi) is 11.3. The average molecular weight is 428 g/mol. The second kappa shape index (κ2) is 13.7. The van der Waals surface area contributed by atoms with Gasteiger partial charge in [0.05, 0.1) is 12.1 Å². The van der Waals surface area contributed by atoms with E-state index in [0.29, 0.717) is 11.7 Å². The summed E-state index contributed by atoms with van der Waals surface area (Å²) in [6.45, 7) is 0.761. The number of fused-ring (bicyclic) bond motifs is 1. The molecule has 3 amide bonds. The molecule has 2 aliphatic heterocycles. The minimum atomic E-state index is -0.699. The van der Waals surface area contributed by atoms with Gasteiger partial charge in [-0.3, -0.25) is 9.59 Å². The van der Waals surface area contributed by atoms with E-state index in [1.807, 2.05) is 11.8 Å². The molecule has 0 aromatic carbocycles. The van der Waals surface area contributed by atoms with Gasteiger partial charge >= 0.3 is 12.0 Å². The van der Waals surface area contributed by atoms with Crippen molar-refractivity contribution in [2.24, 2.45) is 0 Å². The number of carboxylic acid groups (broad SMARTS) is 1. The summed E-state index contributed by atoms with van der Waals surface area (Å²) in [5.41, 5.74) is 0. The van der Waals surface area contributed by atoms with Gasteiger partial charge in [-0.05, 0) is 25.7 Å². The number of hydrogen-bond donors (Lipinski definition) is 4. The maximum atomic E-state index is 11.9. The quantitative estimate of drug-likeness (QED) is 0.223. The number of carboxylic acids is 1. The molecule has 29 heavy (non-hydrogen) atoms. The van der Waals surface area contributed by atoms with E-state index in [1.54, 1.807) is 0 Å². The molecule has 2 fully saturated rings. The van der Waals surface area contributed by atoms with Crippen molar-refractivity contribution in [2.75, 3.05) is 12.3 Å². The first-order valence-corrected chi connectivity index (χ1v) is 12.3. The first-order valence-electron chi connectivity index (χ1n) is 11.2. The van der Waals surface area contributed by atoms with Crippen LogP contribution in [0.25, 0.3) is 0 Å². The van der Waals surface area contributed by atoms with Crippen molar-refractivity contribution >= 4 is 29.7 Å². The monoisotopic (exact) mass is 427 g/mol.